The SMILES string of the molecule is CC(c1ccc(F)cc1Br)N1CCCC(N)C1. The van der Waals surface area contributed by atoms with Crippen LogP contribution in [-0.2, 0) is 0 Å². The standard InChI is InChI=1S/C13H18BrFN2/c1-9(17-6-2-3-11(16)8-17)12-5-4-10(15)7-13(12)14/h4-5,7,9,11H,2-3,6,8,16H2,1H3. The lowest BCUT2D eigenvalue weighted by atomic mass is 10.0. The lowest BCUT2D eigenvalue weighted by Crippen LogP contribution is -2.43. The number of benzene rings is 1. The highest BCUT2D eigenvalue weighted by atomic mass is 79.9. The molecule has 1 aliphatic rings. The summed E-state index contributed by atoms with van der Waals surface area (Å²) in [5, 5.41) is 0. The van der Waals surface area contributed by atoms with Crippen molar-refractivity contribution in [1.82, 2.24) is 4.90 Å². The van der Waals surface area contributed by atoms with Crippen molar-refractivity contribution < 1.29 is 4.39 Å². The first-order valence-electron chi connectivity index (χ1n) is 6.02. The summed E-state index contributed by atoms with van der Waals surface area (Å²) in [5.41, 5.74) is 7.12. The predicted molar refractivity (Wildman–Crippen MR) is 71.3 cm³/mol. The van der Waals surface area contributed by atoms with Crippen molar-refractivity contribution in [1.29, 1.82) is 0 Å². The van der Waals surface area contributed by atoms with Crippen LogP contribution in [0.2, 0.25) is 0 Å². The van der Waals surface area contributed by atoms with E-state index in [1.807, 2.05) is 6.07 Å². The molecule has 1 aliphatic heterocycles. The molecule has 94 valence electrons. The lowest BCUT2D eigenvalue weighted by Gasteiger charge is -2.36. The van der Waals surface area contributed by atoms with Gasteiger partial charge < -0.3 is 5.73 Å². The van der Waals surface area contributed by atoms with E-state index in [0.717, 1.165) is 36.0 Å². The molecule has 2 atom stereocenters. The lowest BCUT2D eigenvalue weighted by molar-refractivity contribution is 0.159. The van der Waals surface area contributed by atoms with E-state index in [2.05, 4.69) is 27.8 Å². The Bertz CT molecular complexity index is 397. The van der Waals surface area contributed by atoms with Crippen molar-refractivity contribution in [2.24, 2.45) is 5.73 Å². The van der Waals surface area contributed by atoms with E-state index in [1.165, 1.54) is 12.1 Å². The number of nitrogens with two attached hydrogens (primary N) is 1. The number of halogens is 2. The molecule has 4 heteroatoms. The molecule has 1 fully saturated rings. The first-order chi connectivity index (χ1) is 8.08. The van der Waals surface area contributed by atoms with E-state index in [1.54, 1.807) is 0 Å². The molecule has 0 spiro atoms. The summed E-state index contributed by atoms with van der Waals surface area (Å²) >= 11 is 3.43. The number of piperidine rings is 1. The number of rotatable bonds is 2. The van der Waals surface area contributed by atoms with Gasteiger partial charge in [0.2, 0.25) is 0 Å². The Kier molecular flexibility index (Phi) is 4.17. The van der Waals surface area contributed by atoms with E-state index in [0.29, 0.717) is 0 Å². The zero-order valence-corrected chi connectivity index (χ0v) is 11.6. The number of nitrogens with zero attached hydrogens (tertiary/aromatic N) is 1. The first-order valence-corrected chi connectivity index (χ1v) is 6.82. The quantitative estimate of drug-likeness (QED) is 0.909. The minimum Gasteiger partial charge on any atom is -0.327 e. The second-order valence-electron chi connectivity index (χ2n) is 4.74. The molecule has 2 rings (SSSR count). The largest absolute Gasteiger partial charge is 0.327 e. The topological polar surface area (TPSA) is 29.3 Å². The molecule has 2 N–H and O–H groups in total. The smallest absolute Gasteiger partial charge is 0.124 e. The molecular formula is C13H18BrFN2. The van der Waals surface area contributed by atoms with Gasteiger partial charge in [0, 0.05) is 23.1 Å². The van der Waals surface area contributed by atoms with Gasteiger partial charge in [-0.1, -0.05) is 22.0 Å². The molecule has 17 heavy (non-hydrogen) atoms. The van der Waals surface area contributed by atoms with E-state index < -0.39 is 0 Å². The van der Waals surface area contributed by atoms with Crippen molar-refractivity contribution in [3.05, 3.63) is 34.1 Å². The zero-order chi connectivity index (χ0) is 12.4. The summed E-state index contributed by atoms with van der Waals surface area (Å²) < 4.78 is 13.9. The van der Waals surface area contributed by atoms with Crippen molar-refractivity contribution >= 4 is 15.9 Å². The zero-order valence-electron chi connectivity index (χ0n) is 10.00. The van der Waals surface area contributed by atoms with Crippen molar-refractivity contribution in [3.8, 4) is 0 Å². The van der Waals surface area contributed by atoms with Crippen LogP contribution in [-0.4, -0.2) is 24.0 Å². The fourth-order valence-corrected chi connectivity index (χ4v) is 3.11. The fraction of sp³-hybridized carbons (Fsp3) is 0.538. The molecule has 0 bridgehead atoms. The van der Waals surface area contributed by atoms with Gasteiger partial charge in [-0.05, 0) is 44.0 Å². The van der Waals surface area contributed by atoms with Gasteiger partial charge in [-0.15, -0.1) is 0 Å². The Morgan fingerprint density at radius 3 is 2.94 bits per heavy atom. The van der Waals surface area contributed by atoms with Crippen molar-refractivity contribution in [2.75, 3.05) is 13.1 Å². The van der Waals surface area contributed by atoms with Gasteiger partial charge in [-0.25, -0.2) is 4.39 Å². The molecule has 0 aliphatic carbocycles. The summed E-state index contributed by atoms with van der Waals surface area (Å²) in [4.78, 5) is 2.37. The summed E-state index contributed by atoms with van der Waals surface area (Å²) in [6.45, 7) is 4.14. The molecule has 2 nitrogen and oxygen atoms in total. The molecule has 0 amide bonds. The number of likely N-dealkylation sites (tertiary alicyclic amines) is 1. The third-order valence-corrected chi connectivity index (χ3v) is 4.14. The molecule has 2 unspecified atom stereocenters. The second kappa shape index (κ2) is 5.46. The fourth-order valence-electron chi connectivity index (χ4n) is 2.43. The van der Waals surface area contributed by atoms with E-state index in [9.17, 15) is 4.39 Å². The van der Waals surface area contributed by atoms with Gasteiger partial charge in [0.05, 0.1) is 0 Å². The van der Waals surface area contributed by atoms with Crippen molar-refractivity contribution in [2.45, 2.75) is 31.8 Å². The Hall–Kier alpha value is -0.450. The molecule has 1 aromatic carbocycles. The van der Waals surface area contributed by atoms with E-state index >= 15 is 0 Å². The van der Waals surface area contributed by atoms with Crippen LogP contribution in [0.1, 0.15) is 31.4 Å². The third kappa shape index (κ3) is 3.06. The van der Waals surface area contributed by atoms with Gasteiger partial charge in [-0.2, -0.15) is 0 Å². The molecule has 0 saturated carbocycles. The molecular weight excluding hydrogens is 283 g/mol. The normalized spacial score (nSPS) is 23.6. The molecule has 0 aromatic heterocycles. The predicted octanol–water partition coefficient (Wildman–Crippen LogP) is 3.07. The van der Waals surface area contributed by atoms with Crippen LogP contribution < -0.4 is 5.73 Å². The minimum atomic E-state index is -0.205. The van der Waals surface area contributed by atoms with Gasteiger partial charge in [-0.3, -0.25) is 4.90 Å². The summed E-state index contributed by atoms with van der Waals surface area (Å²) in [6, 6.07) is 5.43. The Morgan fingerprint density at radius 2 is 2.29 bits per heavy atom. The first kappa shape index (κ1) is 13.0. The van der Waals surface area contributed by atoms with Gasteiger partial charge in [0.15, 0.2) is 0 Å². The monoisotopic (exact) mass is 300 g/mol. The van der Waals surface area contributed by atoms with Crippen LogP contribution in [0.4, 0.5) is 4.39 Å². The van der Waals surface area contributed by atoms with E-state index in [4.69, 9.17) is 5.73 Å². The van der Waals surface area contributed by atoms with Crippen LogP contribution in [0.15, 0.2) is 22.7 Å². The Balaban J connectivity index is 2.15. The maximum absolute atomic E-state index is 13.1. The minimum absolute atomic E-state index is 0.205. The van der Waals surface area contributed by atoms with Crippen LogP contribution in [0.5, 0.6) is 0 Å². The van der Waals surface area contributed by atoms with Gasteiger partial charge in [0.25, 0.3) is 0 Å². The van der Waals surface area contributed by atoms with Crippen LogP contribution in [0.25, 0.3) is 0 Å². The van der Waals surface area contributed by atoms with Crippen molar-refractivity contribution in [3.63, 3.8) is 0 Å². The highest BCUT2D eigenvalue weighted by Gasteiger charge is 2.23. The third-order valence-electron chi connectivity index (χ3n) is 3.45. The highest BCUT2D eigenvalue weighted by Crippen LogP contribution is 2.29. The highest BCUT2D eigenvalue weighted by molar-refractivity contribution is 9.10. The summed E-state index contributed by atoms with van der Waals surface area (Å²) in [5.74, 6) is -0.205. The van der Waals surface area contributed by atoms with E-state index in [-0.39, 0.29) is 17.9 Å². The van der Waals surface area contributed by atoms with Crippen LogP contribution >= 0.6 is 15.9 Å². The Morgan fingerprint density at radius 1 is 1.53 bits per heavy atom. The van der Waals surface area contributed by atoms with Gasteiger partial charge >= 0.3 is 0 Å². The molecule has 1 aromatic rings. The summed E-state index contributed by atoms with van der Waals surface area (Å²) in [6.07, 6.45) is 2.25. The average Bonchev–Trinajstić information content (AvgIpc) is 2.28. The van der Waals surface area contributed by atoms with Crippen LogP contribution in [0.3, 0.4) is 0 Å². The maximum Gasteiger partial charge on any atom is 0.124 e. The molecule has 1 saturated heterocycles. The summed E-state index contributed by atoms with van der Waals surface area (Å²) in [7, 11) is 0. The van der Waals surface area contributed by atoms with Gasteiger partial charge in [0.1, 0.15) is 5.82 Å². The maximum atomic E-state index is 13.1. The van der Waals surface area contributed by atoms with Crippen LogP contribution in [0, 0.1) is 5.82 Å². The number of hydrogen-bond donors (Lipinski definition) is 1. The second-order valence-corrected chi connectivity index (χ2v) is 5.59. The average molecular weight is 301 g/mol. The Labute approximate surface area is 110 Å². The number of hydrogen-bond acceptors (Lipinski definition) is 2. The molecule has 1 heterocycles. The molecule has 0 radical (unpaired) electrons.